The minimum Gasteiger partial charge on any atom is -0.504 e. The molecular formula is C21H21N5O2. The van der Waals surface area contributed by atoms with Gasteiger partial charge in [0.25, 0.3) is 0 Å². The Bertz CT molecular complexity index is 1100. The summed E-state index contributed by atoms with van der Waals surface area (Å²) in [5.41, 5.74) is 5.20. The summed E-state index contributed by atoms with van der Waals surface area (Å²) in [6.07, 6.45) is 2.65. The number of fused-ring (bicyclic) bond motifs is 2. The Morgan fingerprint density at radius 3 is 3.00 bits per heavy atom. The highest BCUT2D eigenvalue weighted by molar-refractivity contribution is 5.74. The third kappa shape index (κ3) is 2.80. The van der Waals surface area contributed by atoms with Crippen molar-refractivity contribution in [3.63, 3.8) is 0 Å². The van der Waals surface area contributed by atoms with Crippen LogP contribution in [0.1, 0.15) is 28.8 Å². The van der Waals surface area contributed by atoms with Crippen molar-refractivity contribution in [3.05, 3.63) is 71.6 Å². The molecule has 1 atom stereocenters. The minimum absolute atomic E-state index is 0.0438. The van der Waals surface area contributed by atoms with Gasteiger partial charge in [0.1, 0.15) is 5.82 Å². The van der Waals surface area contributed by atoms with Crippen LogP contribution in [0.4, 0.5) is 0 Å². The number of methoxy groups -OCH3 is 1. The largest absolute Gasteiger partial charge is 0.504 e. The van der Waals surface area contributed by atoms with Gasteiger partial charge in [-0.05, 0) is 29.8 Å². The predicted octanol–water partition coefficient (Wildman–Crippen LogP) is 3.15. The Morgan fingerprint density at radius 2 is 2.14 bits per heavy atom. The van der Waals surface area contributed by atoms with Gasteiger partial charge in [0.05, 0.1) is 42.8 Å². The third-order valence-corrected chi connectivity index (χ3v) is 5.34. The van der Waals surface area contributed by atoms with Crippen molar-refractivity contribution in [1.29, 1.82) is 0 Å². The average Bonchev–Trinajstić information content (AvgIpc) is 3.34. The Hall–Kier alpha value is -3.32. The van der Waals surface area contributed by atoms with E-state index in [1.54, 1.807) is 19.5 Å². The highest BCUT2D eigenvalue weighted by Gasteiger charge is 2.32. The molecule has 0 aliphatic carbocycles. The molecular weight excluding hydrogens is 354 g/mol. The zero-order valence-corrected chi connectivity index (χ0v) is 15.5. The van der Waals surface area contributed by atoms with Gasteiger partial charge >= 0.3 is 0 Å². The molecule has 0 spiro atoms. The van der Waals surface area contributed by atoms with Crippen molar-refractivity contribution >= 4 is 11.0 Å². The number of nitrogens with one attached hydrogen (secondary N) is 2. The number of hydrogen-bond donors (Lipinski definition) is 3. The van der Waals surface area contributed by atoms with E-state index in [4.69, 9.17) is 9.72 Å². The molecule has 0 radical (unpaired) electrons. The minimum atomic E-state index is -0.0438. The van der Waals surface area contributed by atoms with Crippen LogP contribution in [0.2, 0.25) is 0 Å². The molecule has 4 aromatic rings. The van der Waals surface area contributed by atoms with Gasteiger partial charge in [0.2, 0.25) is 0 Å². The van der Waals surface area contributed by atoms with E-state index in [0.29, 0.717) is 12.3 Å². The van der Waals surface area contributed by atoms with Gasteiger partial charge in [-0.25, -0.2) is 9.97 Å². The Kier molecular flexibility index (Phi) is 4.02. The predicted molar refractivity (Wildman–Crippen MR) is 105 cm³/mol. The van der Waals surface area contributed by atoms with Gasteiger partial charge in [0, 0.05) is 18.7 Å². The number of nitrogens with zero attached hydrogens (tertiary/aromatic N) is 3. The first kappa shape index (κ1) is 16.8. The second kappa shape index (κ2) is 6.69. The fourth-order valence-electron chi connectivity index (χ4n) is 4.00. The number of benzene rings is 2. The van der Waals surface area contributed by atoms with Gasteiger partial charge in [-0.2, -0.15) is 0 Å². The molecule has 2 aromatic heterocycles. The summed E-state index contributed by atoms with van der Waals surface area (Å²) in [4.78, 5) is 18.4. The number of rotatable bonds is 4. The van der Waals surface area contributed by atoms with Crippen LogP contribution >= 0.6 is 0 Å². The number of phenols is 1. The van der Waals surface area contributed by atoms with Gasteiger partial charge < -0.3 is 19.8 Å². The molecule has 5 rings (SSSR count). The number of phenolic OH excluding ortho intramolecular Hbond substituents is 1. The number of imidazole rings is 2. The monoisotopic (exact) mass is 375 g/mol. The molecule has 1 aliphatic rings. The molecule has 28 heavy (non-hydrogen) atoms. The van der Waals surface area contributed by atoms with Crippen LogP contribution in [0.25, 0.3) is 11.0 Å². The van der Waals surface area contributed by atoms with Gasteiger partial charge in [-0.1, -0.05) is 18.2 Å². The molecule has 7 nitrogen and oxygen atoms in total. The molecule has 0 saturated carbocycles. The molecule has 3 heterocycles. The molecule has 3 N–H and O–H groups in total. The lowest BCUT2D eigenvalue weighted by atomic mass is 9.95. The molecule has 7 heteroatoms. The Morgan fingerprint density at radius 1 is 1.25 bits per heavy atom. The first-order valence-corrected chi connectivity index (χ1v) is 9.29. The van der Waals surface area contributed by atoms with Crippen LogP contribution in [-0.4, -0.2) is 43.6 Å². The first-order valence-electron chi connectivity index (χ1n) is 9.29. The lowest BCUT2D eigenvalue weighted by molar-refractivity contribution is 0.195. The van der Waals surface area contributed by atoms with E-state index in [1.165, 1.54) is 0 Å². The normalized spacial score (nSPS) is 17.0. The van der Waals surface area contributed by atoms with Crippen LogP contribution in [0.5, 0.6) is 11.5 Å². The average molecular weight is 375 g/mol. The Labute approximate surface area is 162 Å². The lowest BCUT2D eigenvalue weighted by Crippen LogP contribution is -2.36. The number of para-hydroxylation sites is 2. The van der Waals surface area contributed by atoms with Crippen LogP contribution in [-0.2, 0) is 13.0 Å². The molecule has 0 unspecified atom stereocenters. The lowest BCUT2D eigenvalue weighted by Gasteiger charge is -2.34. The van der Waals surface area contributed by atoms with E-state index in [-0.39, 0.29) is 11.8 Å². The number of H-pyrrole nitrogens is 2. The molecule has 0 saturated heterocycles. The molecule has 0 amide bonds. The second-order valence-electron chi connectivity index (χ2n) is 7.02. The summed E-state index contributed by atoms with van der Waals surface area (Å²) in [6.45, 7) is 1.55. The zero-order valence-electron chi connectivity index (χ0n) is 15.5. The van der Waals surface area contributed by atoms with E-state index < -0.39 is 0 Å². The number of aromatic hydroxyl groups is 1. The van der Waals surface area contributed by atoms with E-state index in [2.05, 4.69) is 19.9 Å². The maximum Gasteiger partial charge on any atom is 0.160 e. The first-order chi connectivity index (χ1) is 13.7. The number of hydrogen-bond acceptors (Lipinski definition) is 5. The number of ether oxygens (including phenoxy) is 1. The van der Waals surface area contributed by atoms with Crippen molar-refractivity contribution in [3.8, 4) is 11.5 Å². The smallest absolute Gasteiger partial charge is 0.160 e. The highest BCUT2D eigenvalue weighted by atomic mass is 16.5. The standard InChI is InChI=1S/C21H21N5O2/c1-28-18-10-13(6-7-17(18)27)21-20-16(22-12-23-20)8-9-26(21)11-19-24-14-4-2-3-5-15(14)25-19/h2-7,10,12,21,27H,8-9,11H2,1H3,(H,22,23)(H,24,25)/t21-/m0/s1. The van der Waals surface area contributed by atoms with Crippen LogP contribution in [0.3, 0.4) is 0 Å². The summed E-state index contributed by atoms with van der Waals surface area (Å²) in [7, 11) is 1.56. The fraction of sp³-hybridized carbons (Fsp3) is 0.238. The van der Waals surface area contributed by atoms with Crippen LogP contribution in [0.15, 0.2) is 48.8 Å². The number of aromatic amines is 2. The summed E-state index contributed by atoms with van der Waals surface area (Å²) >= 11 is 0. The number of aromatic nitrogens is 4. The van der Waals surface area contributed by atoms with Crippen molar-refractivity contribution < 1.29 is 9.84 Å². The van der Waals surface area contributed by atoms with Crippen molar-refractivity contribution in [2.75, 3.05) is 13.7 Å². The third-order valence-electron chi connectivity index (χ3n) is 5.34. The van der Waals surface area contributed by atoms with Crippen molar-refractivity contribution in [1.82, 2.24) is 24.8 Å². The SMILES string of the molecule is COc1cc([C@H]2c3nc[nH]c3CCN2Cc2nc3ccccc3[nH]2)ccc1O. The topological polar surface area (TPSA) is 90.1 Å². The Balaban J connectivity index is 1.54. The molecule has 0 fully saturated rings. The second-order valence-corrected chi connectivity index (χ2v) is 7.02. The van der Waals surface area contributed by atoms with Crippen LogP contribution < -0.4 is 4.74 Å². The summed E-state index contributed by atoms with van der Waals surface area (Å²) in [5, 5.41) is 9.99. The quantitative estimate of drug-likeness (QED) is 0.510. The van der Waals surface area contributed by atoms with Gasteiger partial charge in [0.15, 0.2) is 11.5 Å². The zero-order chi connectivity index (χ0) is 19.1. The van der Waals surface area contributed by atoms with E-state index in [0.717, 1.165) is 46.8 Å². The summed E-state index contributed by atoms with van der Waals surface area (Å²) in [5.74, 6) is 1.52. The van der Waals surface area contributed by atoms with Gasteiger partial charge in [-0.3, -0.25) is 4.90 Å². The maximum atomic E-state index is 9.99. The van der Waals surface area contributed by atoms with Crippen molar-refractivity contribution in [2.24, 2.45) is 0 Å². The van der Waals surface area contributed by atoms with Crippen LogP contribution in [0, 0.1) is 0 Å². The van der Waals surface area contributed by atoms with E-state index in [1.807, 2.05) is 36.4 Å². The summed E-state index contributed by atoms with van der Waals surface area (Å²) < 4.78 is 5.32. The summed E-state index contributed by atoms with van der Waals surface area (Å²) in [6, 6.07) is 13.5. The molecule has 142 valence electrons. The van der Waals surface area contributed by atoms with E-state index in [9.17, 15) is 5.11 Å². The molecule has 1 aliphatic heterocycles. The molecule has 0 bridgehead atoms. The highest BCUT2D eigenvalue weighted by Crippen LogP contribution is 2.37. The van der Waals surface area contributed by atoms with E-state index >= 15 is 0 Å². The maximum absolute atomic E-state index is 9.99. The molecule has 2 aromatic carbocycles. The fourth-order valence-corrected chi connectivity index (χ4v) is 4.00. The van der Waals surface area contributed by atoms with Crippen molar-refractivity contribution in [2.45, 2.75) is 19.0 Å². The van der Waals surface area contributed by atoms with Gasteiger partial charge in [-0.15, -0.1) is 0 Å².